The molecule has 0 radical (unpaired) electrons. The summed E-state index contributed by atoms with van der Waals surface area (Å²) in [6.45, 7) is 7.24. The Balaban J connectivity index is 1.84. The molecule has 2 N–H and O–H groups in total. The second kappa shape index (κ2) is 4.97. The van der Waals surface area contributed by atoms with Crippen LogP contribution in [0.15, 0.2) is 0 Å². The van der Waals surface area contributed by atoms with Gasteiger partial charge in [-0.3, -0.25) is 4.79 Å². The van der Waals surface area contributed by atoms with Crippen molar-refractivity contribution in [2.75, 3.05) is 19.6 Å². The summed E-state index contributed by atoms with van der Waals surface area (Å²) in [6.07, 6.45) is 7.13. The third-order valence-electron chi connectivity index (χ3n) is 4.74. The van der Waals surface area contributed by atoms with Gasteiger partial charge >= 0.3 is 0 Å². The predicted molar refractivity (Wildman–Crippen MR) is 69.8 cm³/mol. The highest BCUT2D eigenvalue weighted by molar-refractivity contribution is 5.82. The van der Waals surface area contributed by atoms with E-state index in [1.807, 2.05) is 0 Å². The van der Waals surface area contributed by atoms with Crippen LogP contribution in [0.2, 0.25) is 0 Å². The van der Waals surface area contributed by atoms with E-state index in [0.29, 0.717) is 5.41 Å². The molecule has 2 fully saturated rings. The van der Waals surface area contributed by atoms with Crippen LogP contribution in [0, 0.1) is 10.8 Å². The summed E-state index contributed by atoms with van der Waals surface area (Å²) in [4.78, 5) is 12.3. The van der Waals surface area contributed by atoms with E-state index in [1.165, 1.54) is 25.7 Å². The molecule has 1 saturated heterocycles. The molecule has 2 aliphatic rings. The van der Waals surface area contributed by atoms with E-state index in [0.717, 1.165) is 32.5 Å². The quantitative estimate of drug-likeness (QED) is 0.790. The van der Waals surface area contributed by atoms with Gasteiger partial charge in [-0.15, -0.1) is 0 Å². The molecule has 1 saturated carbocycles. The van der Waals surface area contributed by atoms with Gasteiger partial charge in [0.05, 0.1) is 0 Å². The van der Waals surface area contributed by atoms with Crippen molar-refractivity contribution >= 4 is 5.91 Å². The molecule has 0 bridgehead atoms. The smallest absolute Gasteiger partial charge is 0.226 e. The van der Waals surface area contributed by atoms with Crippen molar-refractivity contribution in [1.29, 1.82) is 0 Å². The maximum atomic E-state index is 12.3. The van der Waals surface area contributed by atoms with Crippen molar-refractivity contribution in [3.8, 4) is 0 Å². The zero-order chi connectivity index (χ0) is 12.4. The van der Waals surface area contributed by atoms with E-state index < -0.39 is 0 Å². The van der Waals surface area contributed by atoms with Gasteiger partial charge in [0, 0.05) is 12.0 Å². The lowest BCUT2D eigenvalue weighted by Gasteiger charge is -2.34. The molecular formula is C14H26N2O. The number of hydrogen-bond acceptors (Lipinski definition) is 2. The minimum absolute atomic E-state index is 0.139. The number of carbonyl (C=O) groups is 1. The van der Waals surface area contributed by atoms with Gasteiger partial charge in [-0.1, -0.05) is 26.7 Å². The zero-order valence-corrected chi connectivity index (χ0v) is 11.3. The predicted octanol–water partition coefficient (Wildman–Crippen LogP) is 2.07. The minimum Gasteiger partial charge on any atom is -0.355 e. The molecule has 17 heavy (non-hydrogen) atoms. The second-order valence-electron chi connectivity index (χ2n) is 6.51. The summed E-state index contributed by atoms with van der Waals surface area (Å²) in [6, 6.07) is 0. The molecule has 1 amide bonds. The van der Waals surface area contributed by atoms with E-state index in [2.05, 4.69) is 24.5 Å². The lowest BCUT2D eigenvalue weighted by atomic mass is 9.79. The van der Waals surface area contributed by atoms with Gasteiger partial charge in [0.1, 0.15) is 0 Å². The number of amides is 1. The average molecular weight is 238 g/mol. The number of piperidine rings is 1. The van der Waals surface area contributed by atoms with Crippen LogP contribution in [-0.4, -0.2) is 25.5 Å². The van der Waals surface area contributed by atoms with Crippen LogP contribution >= 0.6 is 0 Å². The van der Waals surface area contributed by atoms with E-state index in [9.17, 15) is 4.79 Å². The maximum absolute atomic E-state index is 12.3. The second-order valence-corrected chi connectivity index (χ2v) is 6.51. The largest absolute Gasteiger partial charge is 0.355 e. The first-order valence-electron chi connectivity index (χ1n) is 7.03. The van der Waals surface area contributed by atoms with Crippen LogP contribution in [0.4, 0.5) is 0 Å². The standard InChI is InChI=1S/C14H26N2O/c1-13(5-3-4-6-13)11-16-12(17)14(2)7-9-15-10-8-14/h15H,3-11H2,1-2H3,(H,16,17). The average Bonchev–Trinajstić information content (AvgIpc) is 2.75. The third kappa shape index (κ3) is 3.01. The summed E-state index contributed by atoms with van der Waals surface area (Å²) >= 11 is 0. The summed E-state index contributed by atoms with van der Waals surface area (Å²) in [7, 11) is 0. The molecule has 0 aromatic rings. The Bertz CT molecular complexity index is 276. The molecule has 3 heteroatoms. The van der Waals surface area contributed by atoms with Gasteiger partial charge in [0.2, 0.25) is 5.91 Å². The van der Waals surface area contributed by atoms with Crippen molar-refractivity contribution in [3.63, 3.8) is 0 Å². The first kappa shape index (κ1) is 12.9. The Kier molecular flexibility index (Phi) is 3.76. The van der Waals surface area contributed by atoms with Crippen molar-refractivity contribution in [3.05, 3.63) is 0 Å². The Morgan fingerprint density at radius 2 is 1.71 bits per heavy atom. The highest BCUT2D eigenvalue weighted by atomic mass is 16.2. The normalized spacial score (nSPS) is 26.7. The van der Waals surface area contributed by atoms with Gasteiger partial charge in [0.15, 0.2) is 0 Å². The number of rotatable bonds is 3. The topological polar surface area (TPSA) is 41.1 Å². The molecule has 0 aromatic carbocycles. The SMILES string of the molecule is CC1(CNC(=O)C2(C)CCNCC2)CCCC1. The highest BCUT2D eigenvalue weighted by Gasteiger charge is 2.36. The summed E-state index contributed by atoms with van der Waals surface area (Å²) in [5.41, 5.74) is 0.221. The third-order valence-corrected chi connectivity index (χ3v) is 4.74. The lowest BCUT2D eigenvalue weighted by Crippen LogP contribution is -2.47. The van der Waals surface area contributed by atoms with Crippen molar-refractivity contribution < 1.29 is 4.79 Å². The summed E-state index contributed by atoms with van der Waals surface area (Å²) < 4.78 is 0. The fourth-order valence-electron chi connectivity index (χ4n) is 3.12. The van der Waals surface area contributed by atoms with E-state index >= 15 is 0 Å². The van der Waals surface area contributed by atoms with Crippen LogP contribution in [-0.2, 0) is 4.79 Å². The minimum atomic E-state index is -0.139. The molecule has 0 spiro atoms. The molecule has 98 valence electrons. The number of carbonyl (C=O) groups excluding carboxylic acids is 1. The first-order valence-corrected chi connectivity index (χ1v) is 7.03. The molecule has 3 nitrogen and oxygen atoms in total. The maximum Gasteiger partial charge on any atom is 0.226 e. The van der Waals surface area contributed by atoms with Gasteiger partial charge in [0.25, 0.3) is 0 Å². The molecule has 1 aliphatic heterocycles. The van der Waals surface area contributed by atoms with Crippen LogP contribution in [0.25, 0.3) is 0 Å². The number of nitrogens with one attached hydrogen (secondary N) is 2. The summed E-state index contributed by atoms with van der Waals surface area (Å²) in [5, 5.41) is 6.53. The molecule has 0 atom stereocenters. The van der Waals surface area contributed by atoms with Gasteiger partial charge in [-0.25, -0.2) is 0 Å². The summed E-state index contributed by atoms with van der Waals surface area (Å²) in [5.74, 6) is 0.270. The van der Waals surface area contributed by atoms with E-state index in [1.54, 1.807) is 0 Å². The van der Waals surface area contributed by atoms with Gasteiger partial charge < -0.3 is 10.6 Å². The molecular weight excluding hydrogens is 212 g/mol. The Labute approximate surface area is 105 Å². The van der Waals surface area contributed by atoms with Crippen LogP contribution in [0.3, 0.4) is 0 Å². The van der Waals surface area contributed by atoms with Crippen molar-refractivity contribution in [2.45, 2.75) is 52.4 Å². The molecule has 1 heterocycles. The lowest BCUT2D eigenvalue weighted by molar-refractivity contribution is -0.132. The highest BCUT2D eigenvalue weighted by Crippen LogP contribution is 2.37. The Hall–Kier alpha value is -0.570. The van der Waals surface area contributed by atoms with Gasteiger partial charge in [-0.2, -0.15) is 0 Å². The van der Waals surface area contributed by atoms with Crippen molar-refractivity contribution in [1.82, 2.24) is 10.6 Å². The first-order chi connectivity index (χ1) is 8.04. The fourth-order valence-corrected chi connectivity index (χ4v) is 3.12. The van der Waals surface area contributed by atoms with E-state index in [4.69, 9.17) is 0 Å². The molecule has 0 aromatic heterocycles. The van der Waals surface area contributed by atoms with Crippen LogP contribution in [0.1, 0.15) is 52.4 Å². The molecule has 1 aliphatic carbocycles. The van der Waals surface area contributed by atoms with E-state index in [-0.39, 0.29) is 11.3 Å². The monoisotopic (exact) mass is 238 g/mol. The number of hydrogen-bond donors (Lipinski definition) is 2. The Morgan fingerprint density at radius 1 is 1.12 bits per heavy atom. The van der Waals surface area contributed by atoms with Crippen LogP contribution < -0.4 is 10.6 Å². The molecule has 2 rings (SSSR count). The Morgan fingerprint density at radius 3 is 2.29 bits per heavy atom. The zero-order valence-electron chi connectivity index (χ0n) is 11.3. The van der Waals surface area contributed by atoms with Crippen LogP contribution in [0.5, 0.6) is 0 Å². The molecule has 0 unspecified atom stereocenters. The van der Waals surface area contributed by atoms with Gasteiger partial charge in [-0.05, 0) is 44.2 Å². The van der Waals surface area contributed by atoms with Crippen molar-refractivity contribution in [2.24, 2.45) is 10.8 Å². The fraction of sp³-hybridized carbons (Fsp3) is 0.929.